The summed E-state index contributed by atoms with van der Waals surface area (Å²) in [4.78, 5) is 15.7. The summed E-state index contributed by atoms with van der Waals surface area (Å²) in [5, 5.41) is 2.81. The molecule has 3 N–H and O–H groups in total. The quantitative estimate of drug-likeness (QED) is 0.634. The van der Waals surface area contributed by atoms with E-state index < -0.39 is 0 Å². The number of hydrogen-bond donors (Lipinski definition) is 2. The van der Waals surface area contributed by atoms with Crippen LogP contribution in [0.2, 0.25) is 5.15 Å². The highest BCUT2D eigenvalue weighted by Crippen LogP contribution is 2.15. The zero-order chi connectivity index (χ0) is 12.8. The van der Waals surface area contributed by atoms with Crippen LogP contribution in [0.5, 0.6) is 0 Å². The molecule has 0 saturated carbocycles. The first-order valence-corrected chi connectivity index (χ1v) is 5.64. The largest absolute Gasteiger partial charge is 0.397 e. The fourth-order valence-corrected chi connectivity index (χ4v) is 1.53. The summed E-state index contributed by atoms with van der Waals surface area (Å²) in [6.07, 6.45) is 8.31. The van der Waals surface area contributed by atoms with E-state index in [-0.39, 0.29) is 22.7 Å². The minimum absolute atomic E-state index is 0.115. The Bertz CT molecular complexity index is 454. The van der Waals surface area contributed by atoms with Crippen LogP contribution in [0.25, 0.3) is 0 Å². The number of nitrogen functional groups attached to an aromatic ring is 1. The van der Waals surface area contributed by atoms with Gasteiger partial charge in [-0.1, -0.05) is 30.9 Å². The summed E-state index contributed by atoms with van der Waals surface area (Å²) in [5.74, 6) is 2.16. The van der Waals surface area contributed by atoms with Crippen LogP contribution >= 0.6 is 11.6 Å². The van der Waals surface area contributed by atoms with Crippen molar-refractivity contribution in [2.75, 3.05) is 5.73 Å². The smallest absolute Gasteiger partial charge is 0.255 e. The van der Waals surface area contributed by atoms with E-state index in [1.165, 1.54) is 12.3 Å². The second-order valence-corrected chi connectivity index (χ2v) is 3.95. The number of terminal acetylenes is 1. The number of rotatable bonds is 4. The van der Waals surface area contributed by atoms with E-state index in [1.807, 2.05) is 6.92 Å². The molecule has 0 spiro atoms. The molecule has 4 nitrogen and oxygen atoms in total. The SMILES string of the molecule is C#CC(CCC)NC(=O)c1cc(N)cnc1Cl. The van der Waals surface area contributed by atoms with E-state index in [2.05, 4.69) is 16.2 Å². The molecule has 0 aliphatic carbocycles. The Morgan fingerprint density at radius 1 is 1.76 bits per heavy atom. The molecule has 1 rings (SSSR count). The number of nitrogens with one attached hydrogen (secondary N) is 1. The predicted molar refractivity (Wildman–Crippen MR) is 68.7 cm³/mol. The Morgan fingerprint density at radius 3 is 3.06 bits per heavy atom. The average molecular weight is 252 g/mol. The number of amides is 1. The lowest BCUT2D eigenvalue weighted by molar-refractivity contribution is 0.0944. The van der Waals surface area contributed by atoms with Crippen LogP contribution in [0.1, 0.15) is 30.1 Å². The molecule has 0 radical (unpaired) electrons. The molecule has 0 saturated heterocycles. The standard InChI is InChI=1S/C12H14ClN3O/c1-3-5-9(4-2)16-12(17)10-6-8(14)7-15-11(10)13/h2,6-7,9H,3,5,14H2,1H3,(H,16,17). The molecule has 1 aromatic heterocycles. The highest BCUT2D eigenvalue weighted by atomic mass is 35.5. The molecule has 90 valence electrons. The Hall–Kier alpha value is -1.73. The van der Waals surface area contributed by atoms with Crippen LogP contribution in [-0.4, -0.2) is 16.9 Å². The lowest BCUT2D eigenvalue weighted by Crippen LogP contribution is -2.33. The molecule has 17 heavy (non-hydrogen) atoms. The third-order valence-corrected chi connectivity index (χ3v) is 2.49. The molecule has 1 heterocycles. The Morgan fingerprint density at radius 2 is 2.47 bits per heavy atom. The molecule has 0 aliphatic rings. The molecule has 1 amide bonds. The molecule has 0 aliphatic heterocycles. The fraction of sp³-hybridized carbons (Fsp3) is 0.333. The summed E-state index contributed by atoms with van der Waals surface area (Å²) in [5.41, 5.74) is 6.17. The van der Waals surface area contributed by atoms with Crippen molar-refractivity contribution in [3.63, 3.8) is 0 Å². The van der Waals surface area contributed by atoms with E-state index in [0.29, 0.717) is 5.69 Å². The normalized spacial score (nSPS) is 11.6. The first-order chi connectivity index (χ1) is 8.08. The number of carbonyl (C=O) groups excluding carboxylic acids is 1. The lowest BCUT2D eigenvalue weighted by Gasteiger charge is -2.12. The van der Waals surface area contributed by atoms with E-state index in [4.69, 9.17) is 23.8 Å². The fourth-order valence-electron chi connectivity index (χ4n) is 1.35. The van der Waals surface area contributed by atoms with Gasteiger partial charge in [-0.3, -0.25) is 4.79 Å². The van der Waals surface area contributed by atoms with Crippen molar-refractivity contribution < 1.29 is 4.79 Å². The van der Waals surface area contributed by atoms with Crippen LogP contribution in [0, 0.1) is 12.3 Å². The number of hydrogen-bond acceptors (Lipinski definition) is 3. The van der Waals surface area contributed by atoms with E-state index in [9.17, 15) is 4.79 Å². The van der Waals surface area contributed by atoms with Crippen molar-refractivity contribution in [3.8, 4) is 12.3 Å². The maximum atomic E-state index is 11.9. The summed E-state index contributed by atoms with van der Waals surface area (Å²) < 4.78 is 0. The van der Waals surface area contributed by atoms with Gasteiger partial charge in [-0.15, -0.1) is 6.42 Å². The second-order valence-electron chi connectivity index (χ2n) is 3.59. The van der Waals surface area contributed by atoms with Crippen molar-refractivity contribution in [3.05, 3.63) is 23.0 Å². The van der Waals surface area contributed by atoms with Crippen molar-refractivity contribution in [1.29, 1.82) is 0 Å². The Kier molecular flexibility index (Phi) is 4.80. The van der Waals surface area contributed by atoms with Gasteiger partial charge in [-0.2, -0.15) is 0 Å². The molecule has 5 heteroatoms. The summed E-state index contributed by atoms with van der Waals surface area (Å²) in [6.45, 7) is 1.99. The zero-order valence-electron chi connectivity index (χ0n) is 9.53. The zero-order valence-corrected chi connectivity index (χ0v) is 10.3. The molecular weight excluding hydrogens is 238 g/mol. The van der Waals surface area contributed by atoms with Crippen molar-refractivity contribution in [2.24, 2.45) is 0 Å². The molecule has 0 aromatic carbocycles. The lowest BCUT2D eigenvalue weighted by atomic mass is 10.1. The number of nitrogens with two attached hydrogens (primary N) is 1. The van der Waals surface area contributed by atoms with Gasteiger partial charge in [0.15, 0.2) is 0 Å². The number of pyridine rings is 1. The van der Waals surface area contributed by atoms with E-state index in [1.54, 1.807) is 0 Å². The highest BCUT2D eigenvalue weighted by molar-refractivity contribution is 6.32. The molecule has 1 unspecified atom stereocenters. The number of halogens is 1. The predicted octanol–water partition coefficient (Wildman–Crippen LogP) is 1.85. The third kappa shape index (κ3) is 3.65. The first kappa shape index (κ1) is 13.3. The topological polar surface area (TPSA) is 68.0 Å². The van der Waals surface area contributed by atoms with Crippen LogP contribution in [0.3, 0.4) is 0 Å². The van der Waals surface area contributed by atoms with Crippen molar-refractivity contribution >= 4 is 23.2 Å². The third-order valence-electron chi connectivity index (χ3n) is 2.19. The van der Waals surface area contributed by atoms with Gasteiger partial charge in [0.05, 0.1) is 23.5 Å². The molecule has 1 atom stereocenters. The van der Waals surface area contributed by atoms with E-state index in [0.717, 1.165) is 12.8 Å². The summed E-state index contributed by atoms with van der Waals surface area (Å²) >= 11 is 5.82. The van der Waals surface area contributed by atoms with E-state index >= 15 is 0 Å². The maximum absolute atomic E-state index is 11.9. The maximum Gasteiger partial charge on any atom is 0.255 e. The minimum Gasteiger partial charge on any atom is -0.397 e. The number of carbonyl (C=O) groups is 1. The van der Waals surface area contributed by atoms with Crippen LogP contribution < -0.4 is 11.1 Å². The van der Waals surface area contributed by atoms with Crippen LogP contribution in [0.15, 0.2) is 12.3 Å². The molecule has 0 fully saturated rings. The highest BCUT2D eigenvalue weighted by Gasteiger charge is 2.15. The molecule has 0 bridgehead atoms. The molecule has 1 aromatic rings. The van der Waals surface area contributed by atoms with Gasteiger partial charge >= 0.3 is 0 Å². The Balaban J connectivity index is 2.83. The molecular formula is C12H14ClN3O. The minimum atomic E-state index is -0.355. The van der Waals surface area contributed by atoms with Crippen molar-refractivity contribution in [1.82, 2.24) is 10.3 Å². The summed E-state index contributed by atoms with van der Waals surface area (Å²) in [7, 11) is 0. The van der Waals surface area contributed by atoms with Crippen molar-refractivity contribution in [2.45, 2.75) is 25.8 Å². The van der Waals surface area contributed by atoms with Crippen LogP contribution in [0.4, 0.5) is 5.69 Å². The van der Waals surface area contributed by atoms with Gasteiger partial charge in [0.1, 0.15) is 5.15 Å². The Labute approximate surface area is 106 Å². The van der Waals surface area contributed by atoms with Crippen LogP contribution in [-0.2, 0) is 0 Å². The second kappa shape index (κ2) is 6.12. The monoisotopic (exact) mass is 251 g/mol. The number of nitrogens with zero attached hydrogens (tertiary/aromatic N) is 1. The first-order valence-electron chi connectivity index (χ1n) is 5.26. The van der Waals surface area contributed by atoms with Gasteiger partial charge in [0.2, 0.25) is 0 Å². The van der Waals surface area contributed by atoms with Gasteiger partial charge in [0.25, 0.3) is 5.91 Å². The number of aromatic nitrogens is 1. The van der Waals surface area contributed by atoms with Gasteiger partial charge in [0, 0.05) is 0 Å². The summed E-state index contributed by atoms with van der Waals surface area (Å²) in [6, 6.07) is 1.18. The average Bonchev–Trinajstić information content (AvgIpc) is 2.31. The number of anilines is 1. The van der Waals surface area contributed by atoms with Gasteiger partial charge in [-0.05, 0) is 12.5 Å². The van der Waals surface area contributed by atoms with Gasteiger partial charge < -0.3 is 11.1 Å². The van der Waals surface area contributed by atoms with Gasteiger partial charge in [-0.25, -0.2) is 4.98 Å².